The molecule has 10 nitrogen and oxygen atoms in total. The minimum atomic E-state index is -0.362. The second-order valence-electron chi connectivity index (χ2n) is 6.63. The van der Waals surface area contributed by atoms with E-state index < -0.39 is 0 Å². The zero-order valence-electron chi connectivity index (χ0n) is 15.4. The van der Waals surface area contributed by atoms with Gasteiger partial charge in [0.2, 0.25) is 11.6 Å². The van der Waals surface area contributed by atoms with Gasteiger partial charge < -0.3 is 20.1 Å². The fourth-order valence-corrected chi connectivity index (χ4v) is 3.35. The lowest BCUT2D eigenvalue weighted by Crippen LogP contribution is -2.33. The minimum absolute atomic E-state index is 0.0117. The van der Waals surface area contributed by atoms with Crippen LogP contribution in [0.3, 0.4) is 0 Å². The van der Waals surface area contributed by atoms with Crippen molar-refractivity contribution in [1.29, 1.82) is 0 Å². The molecule has 1 fully saturated rings. The third kappa shape index (κ3) is 3.72. The van der Waals surface area contributed by atoms with Crippen LogP contribution in [-0.2, 0) is 11.3 Å². The van der Waals surface area contributed by atoms with Crippen LogP contribution >= 0.6 is 0 Å². The lowest BCUT2D eigenvalue weighted by molar-refractivity contribution is -0.131. The number of aliphatic hydroxyl groups excluding tert-OH is 1. The summed E-state index contributed by atoms with van der Waals surface area (Å²) in [4.78, 5) is 22.2. The molecular weight excluding hydrogens is 362 g/mol. The number of rotatable bonds is 6. The Kier molecular flexibility index (Phi) is 5.02. The van der Waals surface area contributed by atoms with Crippen molar-refractivity contribution in [2.24, 2.45) is 0 Å². The number of aromatic amines is 1. The minimum Gasteiger partial charge on any atom is -0.427 e. The number of nitrogens with one attached hydrogen (secondary N) is 2. The Bertz CT molecular complexity index is 990. The molecule has 1 unspecified atom stereocenters. The van der Waals surface area contributed by atoms with E-state index in [1.54, 1.807) is 12.1 Å². The van der Waals surface area contributed by atoms with Crippen molar-refractivity contribution < 1.29 is 14.6 Å². The predicted molar refractivity (Wildman–Crippen MR) is 102 cm³/mol. The van der Waals surface area contributed by atoms with Crippen LogP contribution in [0.2, 0.25) is 0 Å². The van der Waals surface area contributed by atoms with Crippen molar-refractivity contribution in [1.82, 2.24) is 25.4 Å². The second-order valence-corrected chi connectivity index (χ2v) is 6.63. The summed E-state index contributed by atoms with van der Waals surface area (Å²) in [5, 5.41) is 23.7. The Morgan fingerprint density at radius 1 is 1.39 bits per heavy atom. The average molecular weight is 383 g/mol. The van der Waals surface area contributed by atoms with Gasteiger partial charge in [0.25, 0.3) is 0 Å². The zero-order chi connectivity index (χ0) is 19.5. The molecule has 10 heteroatoms. The Balaban J connectivity index is 1.58. The summed E-state index contributed by atoms with van der Waals surface area (Å²) in [6.07, 6.45) is 1.89. The van der Waals surface area contributed by atoms with Gasteiger partial charge in [0.05, 0.1) is 12.6 Å². The number of carbonyl (C=O) groups is 1. The molecule has 1 aliphatic rings. The Labute approximate surface area is 160 Å². The molecule has 0 spiro atoms. The van der Waals surface area contributed by atoms with E-state index in [9.17, 15) is 9.90 Å². The summed E-state index contributed by atoms with van der Waals surface area (Å²) in [6, 6.07) is 7.27. The van der Waals surface area contributed by atoms with Gasteiger partial charge >= 0.3 is 5.97 Å². The number of H-pyrrole nitrogens is 1. The van der Waals surface area contributed by atoms with E-state index in [2.05, 4.69) is 30.7 Å². The summed E-state index contributed by atoms with van der Waals surface area (Å²) in [6.45, 7) is 2.67. The first-order valence-electron chi connectivity index (χ1n) is 9.11. The maximum absolute atomic E-state index is 11.1. The SMILES string of the molecule is CC(=O)Oc1cccc(CNc2nc(N3CCCC3CO)nc3n[nH]nc23)c1. The number of fused-ring (bicyclic) bond motifs is 1. The van der Waals surface area contributed by atoms with Gasteiger partial charge in [-0.15, -0.1) is 5.10 Å². The third-order valence-corrected chi connectivity index (χ3v) is 4.64. The monoisotopic (exact) mass is 383 g/mol. The van der Waals surface area contributed by atoms with Crippen molar-refractivity contribution in [3.63, 3.8) is 0 Å². The van der Waals surface area contributed by atoms with Crippen molar-refractivity contribution in [3.8, 4) is 5.75 Å². The van der Waals surface area contributed by atoms with Crippen LogP contribution in [0.25, 0.3) is 11.2 Å². The highest BCUT2D eigenvalue weighted by molar-refractivity contribution is 5.83. The average Bonchev–Trinajstić information content (AvgIpc) is 3.34. The maximum atomic E-state index is 11.1. The topological polar surface area (TPSA) is 129 Å². The Morgan fingerprint density at radius 3 is 3.11 bits per heavy atom. The number of anilines is 2. The van der Waals surface area contributed by atoms with Crippen molar-refractivity contribution >= 4 is 28.9 Å². The quantitative estimate of drug-likeness (QED) is 0.425. The second kappa shape index (κ2) is 7.77. The normalized spacial score (nSPS) is 16.5. The number of nitrogens with zero attached hydrogens (tertiary/aromatic N) is 5. The van der Waals surface area contributed by atoms with Gasteiger partial charge in [-0.25, -0.2) is 0 Å². The van der Waals surface area contributed by atoms with Crippen molar-refractivity contribution in [2.75, 3.05) is 23.4 Å². The fourth-order valence-electron chi connectivity index (χ4n) is 3.35. The molecule has 3 aromatic rings. The maximum Gasteiger partial charge on any atom is 0.308 e. The van der Waals surface area contributed by atoms with E-state index >= 15 is 0 Å². The summed E-state index contributed by atoms with van der Waals surface area (Å²) in [5.41, 5.74) is 1.93. The van der Waals surface area contributed by atoms with Gasteiger partial charge in [0.1, 0.15) is 5.75 Å². The highest BCUT2D eigenvalue weighted by atomic mass is 16.5. The van der Waals surface area contributed by atoms with Gasteiger partial charge in [-0.05, 0) is 30.5 Å². The molecule has 3 N–H and O–H groups in total. The molecule has 2 aromatic heterocycles. The number of ether oxygens (including phenoxy) is 1. The van der Waals surface area contributed by atoms with Crippen LogP contribution in [0, 0.1) is 0 Å². The summed E-state index contributed by atoms with van der Waals surface area (Å²) < 4.78 is 5.13. The van der Waals surface area contributed by atoms with Crippen LogP contribution < -0.4 is 15.0 Å². The zero-order valence-corrected chi connectivity index (χ0v) is 15.4. The van der Waals surface area contributed by atoms with Gasteiger partial charge in [0.15, 0.2) is 11.3 Å². The van der Waals surface area contributed by atoms with E-state index in [4.69, 9.17) is 4.74 Å². The van der Waals surface area contributed by atoms with Crippen LogP contribution in [0.15, 0.2) is 24.3 Å². The molecule has 1 atom stereocenters. The van der Waals surface area contributed by atoms with Crippen molar-refractivity contribution in [2.45, 2.75) is 32.4 Å². The first kappa shape index (κ1) is 18.1. The molecule has 4 rings (SSSR count). The molecule has 0 saturated carbocycles. The van der Waals surface area contributed by atoms with E-state index in [1.165, 1.54) is 6.92 Å². The Morgan fingerprint density at radius 2 is 2.29 bits per heavy atom. The fraction of sp³-hybridized carbons (Fsp3) is 0.389. The predicted octanol–water partition coefficient (Wildman–Crippen LogP) is 1.25. The number of hydrogen-bond donors (Lipinski definition) is 3. The van der Waals surface area contributed by atoms with E-state index in [0.717, 1.165) is 24.9 Å². The van der Waals surface area contributed by atoms with E-state index in [-0.39, 0.29) is 18.6 Å². The van der Waals surface area contributed by atoms with Gasteiger partial charge in [-0.1, -0.05) is 12.1 Å². The number of carbonyl (C=O) groups excluding carboxylic acids is 1. The van der Waals surface area contributed by atoms with Gasteiger partial charge in [-0.3, -0.25) is 4.79 Å². The smallest absolute Gasteiger partial charge is 0.308 e. The van der Waals surface area contributed by atoms with Crippen LogP contribution in [0.1, 0.15) is 25.3 Å². The van der Waals surface area contributed by atoms with Crippen LogP contribution in [-0.4, -0.2) is 55.6 Å². The number of aliphatic hydroxyl groups is 1. The highest BCUT2D eigenvalue weighted by Gasteiger charge is 2.27. The first-order valence-corrected chi connectivity index (χ1v) is 9.11. The number of esters is 1. The van der Waals surface area contributed by atoms with Crippen LogP contribution in [0.5, 0.6) is 5.75 Å². The standard InChI is InChI=1S/C18H21N7O3/c1-11(27)28-14-6-2-4-12(8-14)9-19-16-15-17(23-24-22-15)21-18(20-16)25-7-3-5-13(25)10-26/h2,4,6,8,13,26H,3,5,7,9-10H2,1H3,(H2,19,20,21,22,23,24). The molecule has 3 heterocycles. The molecule has 28 heavy (non-hydrogen) atoms. The third-order valence-electron chi connectivity index (χ3n) is 4.64. The first-order chi connectivity index (χ1) is 13.6. The lowest BCUT2D eigenvalue weighted by atomic mass is 10.2. The summed E-state index contributed by atoms with van der Waals surface area (Å²) in [7, 11) is 0. The van der Waals surface area contributed by atoms with Crippen LogP contribution in [0.4, 0.5) is 11.8 Å². The van der Waals surface area contributed by atoms with Crippen molar-refractivity contribution in [3.05, 3.63) is 29.8 Å². The number of benzene rings is 1. The molecule has 0 radical (unpaired) electrons. The lowest BCUT2D eigenvalue weighted by Gasteiger charge is -2.23. The molecule has 1 aromatic carbocycles. The molecule has 146 valence electrons. The van der Waals surface area contributed by atoms with E-state index in [0.29, 0.717) is 35.2 Å². The van der Waals surface area contributed by atoms with E-state index in [1.807, 2.05) is 17.0 Å². The molecule has 0 amide bonds. The van der Waals surface area contributed by atoms with Gasteiger partial charge in [-0.2, -0.15) is 20.3 Å². The molecular formula is C18H21N7O3. The summed E-state index contributed by atoms with van der Waals surface area (Å²) in [5.74, 6) is 1.20. The summed E-state index contributed by atoms with van der Waals surface area (Å²) >= 11 is 0. The Hall–Kier alpha value is -3.27. The largest absolute Gasteiger partial charge is 0.427 e. The molecule has 1 aliphatic heterocycles. The molecule has 0 aliphatic carbocycles. The molecule has 0 bridgehead atoms. The molecule has 1 saturated heterocycles. The number of aromatic nitrogens is 5. The highest BCUT2D eigenvalue weighted by Crippen LogP contribution is 2.26. The van der Waals surface area contributed by atoms with Gasteiger partial charge in [0, 0.05) is 20.0 Å². The number of hydrogen-bond acceptors (Lipinski definition) is 9.